The number of rotatable bonds is 9. The number of hydrogen-bond acceptors (Lipinski definition) is 5. The highest BCUT2D eigenvalue weighted by Gasteiger charge is 2.25. The number of thiazole rings is 1. The zero-order chi connectivity index (χ0) is 17.2. The molecule has 1 aliphatic heterocycles. The minimum atomic E-state index is 0. The van der Waals surface area contributed by atoms with Crippen molar-refractivity contribution >= 4 is 41.3 Å². The number of methoxy groups -OCH3 is 1. The van der Waals surface area contributed by atoms with Gasteiger partial charge in [0.05, 0.1) is 37.1 Å². The highest BCUT2D eigenvalue weighted by atomic mass is 127. The molecule has 1 aromatic heterocycles. The molecule has 0 bridgehead atoms. The van der Waals surface area contributed by atoms with Gasteiger partial charge in [-0.2, -0.15) is 0 Å². The molecule has 0 spiro atoms. The number of halogens is 1. The Labute approximate surface area is 172 Å². The zero-order valence-electron chi connectivity index (χ0n) is 15.5. The van der Waals surface area contributed by atoms with Gasteiger partial charge in [-0.3, -0.25) is 0 Å². The first-order chi connectivity index (χ1) is 11.8. The van der Waals surface area contributed by atoms with Gasteiger partial charge in [-0.1, -0.05) is 6.92 Å². The van der Waals surface area contributed by atoms with Crippen molar-refractivity contribution in [1.29, 1.82) is 0 Å². The molecule has 0 aromatic carbocycles. The van der Waals surface area contributed by atoms with E-state index in [1.165, 1.54) is 5.01 Å². The van der Waals surface area contributed by atoms with Crippen LogP contribution >= 0.6 is 35.3 Å². The molecule has 0 radical (unpaired) electrons. The van der Waals surface area contributed by atoms with Crippen LogP contribution in [0.4, 0.5) is 0 Å². The number of hydrogen-bond donors (Lipinski definition) is 1. The van der Waals surface area contributed by atoms with Crippen molar-refractivity contribution in [2.45, 2.75) is 33.2 Å². The minimum Gasteiger partial charge on any atom is -0.382 e. The monoisotopic (exact) mass is 482 g/mol. The average molecular weight is 482 g/mol. The van der Waals surface area contributed by atoms with Crippen molar-refractivity contribution in [3.8, 4) is 0 Å². The van der Waals surface area contributed by atoms with E-state index in [2.05, 4.69) is 34.4 Å². The van der Waals surface area contributed by atoms with Gasteiger partial charge in [0, 0.05) is 38.0 Å². The molecule has 1 saturated heterocycles. The lowest BCUT2D eigenvalue weighted by molar-refractivity contribution is 0.0536. The molecule has 0 saturated carbocycles. The predicted octanol–water partition coefficient (Wildman–Crippen LogP) is 2.77. The summed E-state index contributed by atoms with van der Waals surface area (Å²) >= 11 is 1.72. The number of likely N-dealkylation sites (tertiary alicyclic amines) is 1. The molecule has 0 aliphatic carbocycles. The first-order valence-electron chi connectivity index (χ1n) is 8.80. The molecule has 1 aliphatic rings. The number of aliphatic imine (C=N–C) groups is 1. The Hall–Kier alpha value is -0.450. The summed E-state index contributed by atoms with van der Waals surface area (Å²) in [6.07, 6.45) is 2.14. The smallest absolute Gasteiger partial charge is 0.194 e. The highest BCUT2D eigenvalue weighted by molar-refractivity contribution is 14.0. The number of aryl methyl sites for hydroxylation is 1. The number of aromatic nitrogens is 1. The fourth-order valence-electron chi connectivity index (χ4n) is 2.72. The zero-order valence-corrected chi connectivity index (χ0v) is 18.6. The fraction of sp³-hybridized carbons (Fsp3) is 0.765. The number of guanidine groups is 1. The Kier molecular flexibility index (Phi) is 11.6. The van der Waals surface area contributed by atoms with Gasteiger partial charge in [-0.05, 0) is 19.8 Å². The number of ether oxygens (including phenoxy) is 2. The lowest BCUT2D eigenvalue weighted by Crippen LogP contribution is -2.40. The highest BCUT2D eigenvalue weighted by Crippen LogP contribution is 2.17. The summed E-state index contributed by atoms with van der Waals surface area (Å²) in [5.74, 6) is 1.56. The Morgan fingerprint density at radius 2 is 2.28 bits per heavy atom. The largest absolute Gasteiger partial charge is 0.382 e. The molecule has 2 heterocycles. The summed E-state index contributed by atoms with van der Waals surface area (Å²) in [6.45, 7) is 9.91. The van der Waals surface area contributed by atoms with E-state index in [4.69, 9.17) is 14.5 Å². The van der Waals surface area contributed by atoms with Gasteiger partial charge in [0.2, 0.25) is 0 Å². The van der Waals surface area contributed by atoms with Crippen molar-refractivity contribution in [2.75, 3.05) is 46.6 Å². The Bertz CT molecular complexity index is 513. The van der Waals surface area contributed by atoms with E-state index in [-0.39, 0.29) is 24.0 Å². The summed E-state index contributed by atoms with van der Waals surface area (Å²) in [5, 5.41) is 6.70. The van der Waals surface area contributed by atoms with Gasteiger partial charge in [0.25, 0.3) is 0 Å². The van der Waals surface area contributed by atoms with E-state index in [1.54, 1.807) is 18.4 Å². The summed E-state index contributed by atoms with van der Waals surface area (Å²) in [4.78, 5) is 11.7. The molecule has 0 amide bonds. The van der Waals surface area contributed by atoms with Crippen molar-refractivity contribution in [3.05, 3.63) is 16.1 Å². The Morgan fingerprint density at radius 3 is 2.96 bits per heavy atom. The van der Waals surface area contributed by atoms with Crippen LogP contribution in [-0.2, 0) is 22.4 Å². The van der Waals surface area contributed by atoms with E-state index < -0.39 is 0 Å². The molecule has 2 rings (SSSR count). The van der Waals surface area contributed by atoms with Crippen molar-refractivity contribution in [3.63, 3.8) is 0 Å². The Morgan fingerprint density at radius 1 is 1.44 bits per heavy atom. The van der Waals surface area contributed by atoms with Crippen LogP contribution in [0.1, 0.15) is 31.0 Å². The molecule has 1 fully saturated rings. The van der Waals surface area contributed by atoms with Crippen LogP contribution in [-0.4, -0.2) is 62.4 Å². The third-order valence-electron chi connectivity index (χ3n) is 4.00. The topological polar surface area (TPSA) is 59.0 Å². The summed E-state index contributed by atoms with van der Waals surface area (Å²) < 4.78 is 10.7. The summed E-state index contributed by atoms with van der Waals surface area (Å²) in [5.41, 5.74) is 1.06. The van der Waals surface area contributed by atoms with E-state index in [1.807, 2.05) is 0 Å². The standard InChI is InChI=1S/C17H30N4O2S.HI/c1-4-16-20-15(13-24-16)10-19-17(18-5-2)21-7-6-14(11-21)12-23-9-8-22-3;/h13-14H,4-12H2,1-3H3,(H,18,19);1H. The second kappa shape index (κ2) is 12.8. The lowest BCUT2D eigenvalue weighted by atomic mass is 10.1. The normalized spacial score (nSPS) is 17.6. The van der Waals surface area contributed by atoms with Crippen molar-refractivity contribution < 1.29 is 9.47 Å². The lowest BCUT2D eigenvalue weighted by Gasteiger charge is -2.21. The maximum absolute atomic E-state index is 5.67. The van der Waals surface area contributed by atoms with Gasteiger partial charge in [0.1, 0.15) is 0 Å². The molecule has 8 heteroatoms. The van der Waals surface area contributed by atoms with Crippen LogP contribution in [0, 0.1) is 5.92 Å². The van der Waals surface area contributed by atoms with E-state index in [9.17, 15) is 0 Å². The maximum atomic E-state index is 5.67. The average Bonchev–Trinajstić information content (AvgIpc) is 3.25. The van der Waals surface area contributed by atoms with Gasteiger partial charge < -0.3 is 19.7 Å². The molecule has 144 valence electrons. The van der Waals surface area contributed by atoms with Crippen LogP contribution < -0.4 is 5.32 Å². The second-order valence-electron chi connectivity index (χ2n) is 5.92. The molecule has 1 N–H and O–H groups in total. The molecule has 1 atom stereocenters. The minimum absolute atomic E-state index is 0. The van der Waals surface area contributed by atoms with E-state index in [0.717, 1.165) is 50.7 Å². The molecule has 1 aromatic rings. The molecule has 25 heavy (non-hydrogen) atoms. The van der Waals surface area contributed by atoms with Gasteiger partial charge in [-0.15, -0.1) is 35.3 Å². The first kappa shape index (κ1) is 22.6. The second-order valence-corrected chi connectivity index (χ2v) is 6.87. The maximum Gasteiger partial charge on any atom is 0.194 e. The molecular weight excluding hydrogens is 451 g/mol. The Balaban J connectivity index is 0.00000312. The van der Waals surface area contributed by atoms with Crippen LogP contribution in [0.2, 0.25) is 0 Å². The van der Waals surface area contributed by atoms with Crippen LogP contribution in [0.25, 0.3) is 0 Å². The van der Waals surface area contributed by atoms with Crippen molar-refractivity contribution in [2.24, 2.45) is 10.9 Å². The van der Waals surface area contributed by atoms with Crippen molar-refractivity contribution in [1.82, 2.24) is 15.2 Å². The van der Waals surface area contributed by atoms with Crippen LogP contribution in [0.3, 0.4) is 0 Å². The molecule has 6 nitrogen and oxygen atoms in total. The molecule has 1 unspecified atom stereocenters. The van der Waals surface area contributed by atoms with E-state index in [0.29, 0.717) is 25.7 Å². The van der Waals surface area contributed by atoms with Crippen LogP contribution in [0.15, 0.2) is 10.4 Å². The van der Waals surface area contributed by atoms with Gasteiger partial charge in [-0.25, -0.2) is 9.98 Å². The first-order valence-corrected chi connectivity index (χ1v) is 9.68. The third kappa shape index (κ3) is 7.76. The number of nitrogens with one attached hydrogen (secondary N) is 1. The molecular formula is C17H31IN4O2S. The SMILES string of the molecule is CCNC(=NCc1csc(CC)n1)N1CCC(COCCOC)C1.I. The van der Waals surface area contributed by atoms with E-state index >= 15 is 0 Å². The number of nitrogens with zero attached hydrogens (tertiary/aromatic N) is 3. The van der Waals surface area contributed by atoms with Crippen LogP contribution in [0.5, 0.6) is 0 Å². The predicted molar refractivity (Wildman–Crippen MR) is 114 cm³/mol. The van der Waals surface area contributed by atoms with Gasteiger partial charge in [0.15, 0.2) is 5.96 Å². The fourth-order valence-corrected chi connectivity index (χ4v) is 3.45. The third-order valence-corrected chi connectivity index (χ3v) is 5.04. The summed E-state index contributed by atoms with van der Waals surface area (Å²) in [6, 6.07) is 0. The quantitative estimate of drug-likeness (QED) is 0.254. The summed E-state index contributed by atoms with van der Waals surface area (Å²) in [7, 11) is 1.70. The van der Waals surface area contributed by atoms with Gasteiger partial charge >= 0.3 is 0 Å².